The van der Waals surface area contributed by atoms with E-state index in [0.29, 0.717) is 10.5 Å². The number of ether oxygens (including phenoxy) is 1. The van der Waals surface area contributed by atoms with Gasteiger partial charge in [0.2, 0.25) is 0 Å². The first-order valence-electron chi connectivity index (χ1n) is 5.06. The number of nitrogens with two attached hydrogens (primary N) is 1. The summed E-state index contributed by atoms with van der Waals surface area (Å²) in [4.78, 5) is 0. The summed E-state index contributed by atoms with van der Waals surface area (Å²) < 4.78 is 5.42. The van der Waals surface area contributed by atoms with Crippen LogP contribution in [-0.4, -0.2) is 41.3 Å². The molecule has 14 heavy (non-hydrogen) atoms. The van der Waals surface area contributed by atoms with E-state index in [2.05, 4.69) is 12.3 Å². The summed E-state index contributed by atoms with van der Waals surface area (Å²) in [7, 11) is 0. The van der Waals surface area contributed by atoms with Crippen molar-refractivity contribution in [2.75, 3.05) is 24.7 Å². The Morgan fingerprint density at radius 3 is 2.79 bits per heavy atom. The highest BCUT2D eigenvalue weighted by atomic mass is 32.2. The summed E-state index contributed by atoms with van der Waals surface area (Å²) in [5.74, 6) is 8.04. The van der Waals surface area contributed by atoms with Crippen molar-refractivity contribution in [1.29, 1.82) is 0 Å². The predicted molar refractivity (Wildman–Crippen MR) is 65.8 cm³/mol. The molecule has 0 aromatic rings. The second-order valence-electron chi connectivity index (χ2n) is 3.34. The lowest BCUT2D eigenvalue weighted by atomic mass is 10.2. The molecular weight excluding hydrogens is 216 g/mol. The van der Waals surface area contributed by atoms with Gasteiger partial charge < -0.3 is 4.74 Å². The number of rotatable bonds is 5. The molecule has 5 heteroatoms. The van der Waals surface area contributed by atoms with E-state index < -0.39 is 0 Å². The second kappa shape index (κ2) is 6.95. The van der Waals surface area contributed by atoms with Crippen LogP contribution in [0.15, 0.2) is 0 Å². The summed E-state index contributed by atoms with van der Waals surface area (Å²) in [6, 6.07) is 0.280. The normalized spacial score (nSPS) is 30.2. The van der Waals surface area contributed by atoms with Gasteiger partial charge in [0.25, 0.3) is 0 Å². The van der Waals surface area contributed by atoms with E-state index in [1.807, 2.05) is 30.4 Å². The summed E-state index contributed by atoms with van der Waals surface area (Å²) >= 11 is 4.04. The average Bonchev–Trinajstić information content (AvgIpc) is 2.21. The predicted octanol–water partition coefficient (Wildman–Crippen LogP) is 1.09. The van der Waals surface area contributed by atoms with E-state index in [-0.39, 0.29) is 6.04 Å². The fraction of sp³-hybridized carbons (Fsp3) is 1.00. The lowest BCUT2D eigenvalue weighted by Crippen LogP contribution is -2.50. The van der Waals surface area contributed by atoms with Gasteiger partial charge in [0.15, 0.2) is 0 Å². The van der Waals surface area contributed by atoms with Gasteiger partial charge in [-0.25, -0.2) is 0 Å². The molecule has 3 atom stereocenters. The Kier molecular flexibility index (Phi) is 6.28. The highest BCUT2D eigenvalue weighted by Crippen LogP contribution is 2.32. The highest BCUT2D eigenvalue weighted by Gasteiger charge is 2.29. The molecule has 1 aliphatic heterocycles. The maximum atomic E-state index is 5.55. The largest absolute Gasteiger partial charge is 0.380 e. The number of nitrogens with one attached hydrogen (secondary N) is 1. The van der Waals surface area contributed by atoms with Crippen LogP contribution in [0.3, 0.4) is 0 Å². The van der Waals surface area contributed by atoms with Crippen LogP contribution in [0.1, 0.15) is 13.8 Å². The lowest BCUT2D eigenvalue weighted by Gasteiger charge is -2.33. The molecule has 1 heterocycles. The molecule has 0 saturated carbocycles. The molecular formula is C9H20N2OS2. The Balaban J connectivity index is 2.40. The lowest BCUT2D eigenvalue weighted by molar-refractivity contribution is 0.122. The zero-order valence-corrected chi connectivity index (χ0v) is 10.5. The van der Waals surface area contributed by atoms with Crippen molar-refractivity contribution >= 4 is 23.5 Å². The topological polar surface area (TPSA) is 47.3 Å². The number of hydrogen-bond acceptors (Lipinski definition) is 5. The standard InChI is InChI=1S/C9H20N2OS2/c1-3-12-6-8(11-10)9-7(2)13-4-5-14-9/h7-9,11H,3-6,10H2,1-2H3. The first-order chi connectivity index (χ1) is 6.79. The molecule has 1 fully saturated rings. The molecule has 84 valence electrons. The molecule has 1 rings (SSSR count). The minimum atomic E-state index is 0.280. The minimum Gasteiger partial charge on any atom is -0.380 e. The molecule has 0 radical (unpaired) electrons. The van der Waals surface area contributed by atoms with Crippen LogP contribution in [0.5, 0.6) is 0 Å². The van der Waals surface area contributed by atoms with Crippen molar-refractivity contribution in [2.24, 2.45) is 5.84 Å². The Hall–Kier alpha value is 0.580. The summed E-state index contributed by atoms with van der Waals surface area (Å²) in [5.41, 5.74) is 2.88. The van der Waals surface area contributed by atoms with Crippen molar-refractivity contribution in [3.05, 3.63) is 0 Å². The third-order valence-corrected chi connectivity index (χ3v) is 5.60. The highest BCUT2D eigenvalue weighted by molar-refractivity contribution is 8.07. The molecule has 1 saturated heterocycles. The smallest absolute Gasteiger partial charge is 0.0644 e. The Morgan fingerprint density at radius 2 is 2.21 bits per heavy atom. The molecule has 1 aliphatic rings. The van der Waals surface area contributed by atoms with Gasteiger partial charge >= 0.3 is 0 Å². The first kappa shape index (κ1) is 12.6. The summed E-state index contributed by atoms with van der Waals surface area (Å²) in [6.45, 7) is 5.77. The van der Waals surface area contributed by atoms with E-state index >= 15 is 0 Å². The average molecular weight is 236 g/mol. The van der Waals surface area contributed by atoms with Crippen LogP contribution in [-0.2, 0) is 4.74 Å². The van der Waals surface area contributed by atoms with E-state index in [1.54, 1.807) is 0 Å². The van der Waals surface area contributed by atoms with E-state index in [4.69, 9.17) is 10.6 Å². The van der Waals surface area contributed by atoms with Gasteiger partial charge in [-0.15, -0.1) is 0 Å². The maximum Gasteiger partial charge on any atom is 0.0644 e. The SMILES string of the molecule is CCOCC(NN)C1SCCSC1C. The quantitative estimate of drug-likeness (QED) is 0.553. The number of hydrogen-bond donors (Lipinski definition) is 2. The van der Waals surface area contributed by atoms with Gasteiger partial charge in [-0.1, -0.05) is 6.92 Å². The fourth-order valence-electron chi connectivity index (χ4n) is 1.57. The van der Waals surface area contributed by atoms with Crippen molar-refractivity contribution in [1.82, 2.24) is 5.43 Å². The fourth-order valence-corrected chi connectivity index (χ4v) is 4.50. The maximum absolute atomic E-state index is 5.55. The van der Waals surface area contributed by atoms with Gasteiger partial charge in [0.05, 0.1) is 12.6 Å². The summed E-state index contributed by atoms with van der Waals surface area (Å²) in [5, 5.41) is 1.24. The van der Waals surface area contributed by atoms with Crippen LogP contribution in [0.4, 0.5) is 0 Å². The molecule has 0 aliphatic carbocycles. The van der Waals surface area contributed by atoms with Gasteiger partial charge in [-0.3, -0.25) is 11.3 Å². The van der Waals surface area contributed by atoms with Crippen LogP contribution in [0.25, 0.3) is 0 Å². The molecule has 3 N–H and O–H groups in total. The van der Waals surface area contributed by atoms with Gasteiger partial charge in [0, 0.05) is 28.6 Å². The third kappa shape index (κ3) is 3.62. The van der Waals surface area contributed by atoms with Crippen LogP contribution < -0.4 is 11.3 Å². The second-order valence-corrected chi connectivity index (χ2v) is 6.12. The zero-order chi connectivity index (χ0) is 10.4. The zero-order valence-electron chi connectivity index (χ0n) is 8.86. The number of thioether (sulfide) groups is 2. The van der Waals surface area contributed by atoms with Crippen molar-refractivity contribution in [2.45, 2.75) is 30.4 Å². The monoisotopic (exact) mass is 236 g/mol. The molecule has 0 amide bonds. The van der Waals surface area contributed by atoms with Gasteiger partial charge in [-0.05, 0) is 6.92 Å². The Labute approximate surface area is 94.9 Å². The summed E-state index contributed by atoms with van der Waals surface area (Å²) in [6.07, 6.45) is 0. The molecule has 0 aromatic carbocycles. The van der Waals surface area contributed by atoms with Crippen molar-refractivity contribution in [3.63, 3.8) is 0 Å². The van der Waals surface area contributed by atoms with Crippen molar-refractivity contribution in [3.8, 4) is 0 Å². The van der Waals surface area contributed by atoms with E-state index in [9.17, 15) is 0 Å². The van der Waals surface area contributed by atoms with Gasteiger partial charge in [-0.2, -0.15) is 23.5 Å². The molecule has 0 spiro atoms. The van der Waals surface area contributed by atoms with Gasteiger partial charge in [0.1, 0.15) is 0 Å². The molecule has 3 unspecified atom stereocenters. The van der Waals surface area contributed by atoms with Crippen LogP contribution in [0, 0.1) is 0 Å². The van der Waals surface area contributed by atoms with E-state index in [0.717, 1.165) is 13.2 Å². The number of hydrazine groups is 1. The van der Waals surface area contributed by atoms with Crippen LogP contribution in [0.2, 0.25) is 0 Å². The first-order valence-corrected chi connectivity index (χ1v) is 7.16. The van der Waals surface area contributed by atoms with E-state index in [1.165, 1.54) is 11.5 Å². The minimum absolute atomic E-state index is 0.280. The molecule has 3 nitrogen and oxygen atoms in total. The van der Waals surface area contributed by atoms with Crippen LogP contribution >= 0.6 is 23.5 Å². The molecule has 0 bridgehead atoms. The van der Waals surface area contributed by atoms with Crippen molar-refractivity contribution < 1.29 is 4.74 Å². The Morgan fingerprint density at radius 1 is 1.50 bits per heavy atom. The third-order valence-electron chi connectivity index (χ3n) is 2.35. The Bertz CT molecular complexity index is 160. The molecule has 0 aromatic heterocycles.